The Morgan fingerprint density at radius 3 is 1.95 bits per heavy atom. The monoisotopic (exact) mass is 259 g/mol. The van der Waals surface area contributed by atoms with E-state index in [0.29, 0.717) is 5.92 Å². The van der Waals surface area contributed by atoms with Crippen LogP contribution in [0, 0.1) is 11.3 Å². The Morgan fingerprint density at radius 2 is 1.53 bits per heavy atom. The van der Waals surface area contributed by atoms with Crippen molar-refractivity contribution < 1.29 is 0 Å². The molecule has 0 amide bonds. The highest BCUT2D eigenvalue weighted by molar-refractivity contribution is 5.29. The predicted octanol–water partition coefficient (Wildman–Crippen LogP) is 2.87. The second-order valence-corrected chi connectivity index (χ2v) is 5.64. The predicted molar refractivity (Wildman–Crippen MR) is 80.1 cm³/mol. The molecule has 0 saturated carbocycles. The molecule has 3 heteroatoms. The van der Waals surface area contributed by atoms with Crippen LogP contribution in [0.4, 0.5) is 0 Å². The van der Waals surface area contributed by atoms with Crippen molar-refractivity contribution in [1.29, 1.82) is 5.26 Å². The minimum Gasteiger partial charge on any atom is -0.308 e. The molecule has 0 fully saturated rings. The Bertz CT molecular complexity index is 415. The van der Waals surface area contributed by atoms with Gasteiger partial charge in [0.25, 0.3) is 0 Å². The zero-order valence-corrected chi connectivity index (χ0v) is 12.7. The first kappa shape index (κ1) is 15.7. The number of rotatable bonds is 6. The third-order valence-corrected chi connectivity index (χ3v) is 3.38. The van der Waals surface area contributed by atoms with Gasteiger partial charge in [0.15, 0.2) is 0 Å². The first-order valence-electron chi connectivity index (χ1n) is 6.80. The molecule has 104 valence electrons. The molecule has 0 N–H and O–H groups in total. The molecule has 3 nitrogen and oxygen atoms in total. The Kier molecular flexibility index (Phi) is 6.01. The third-order valence-electron chi connectivity index (χ3n) is 3.38. The summed E-state index contributed by atoms with van der Waals surface area (Å²) in [5.74, 6) is 0.529. The molecule has 19 heavy (non-hydrogen) atoms. The highest BCUT2D eigenvalue weighted by Crippen LogP contribution is 2.21. The van der Waals surface area contributed by atoms with E-state index in [2.05, 4.69) is 54.0 Å². The van der Waals surface area contributed by atoms with Crippen LogP contribution in [0.2, 0.25) is 0 Å². The SMILES string of the molecule is CC(C)c1ccc(C(C#N)N(C)CCN(C)C)cc1. The van der Waals surface area contributed by atoms with Gasteiger partial charge in [-0.15, -0.1) is 0 Å². The molecule has 0 bridgehead atoms. The lowest BCUT2D eigenvalue weighted by atomic mass is 9.99. The van der Waals surface area contributed by atoms with Crippen LogP contribution in [0.3, 0.4) is 0 Å². The van der Waals surface area contributed by atoms with Gasteiger partial charge in [-0.1, -0.05) is 38.1 Å². The molecule has 0 heterocycles. The summed E-state index contributed by atoms with van der Waals surface area (Å²) >= 11 is 0. The lowest BCUT2D eigenvalue weighted by Gasteiger charge is -2.24. The third kappa shape index (κ3) is 4.66. The van der Waals surface area contributed by atoms with Crippen molar-refractivity contribution in [3.8, 4) is 6.07 Å². The summed E-state index contributed by atoms with van der Waals surface area (Å²) in [4.78, 5) is 4.23. The molecule has 1 unspecified atom stereocenters. The first-order chi connectivity index (χ1) is 8.95. The standard InChI is InChI=1S/C16H25N3/c1-13(2)14-6-8-15(9-7-14)16(12-17)19(5)11-10-18(3)4/h6-9,13,16H,10-11H2,1-5H3. The van der Waals surface area contributed by atoms with Crippen molar-refractivity contribution in [3.63, 3.8) is 0 Å². The summed E-state index contributed by atoms with van der Waals surface area (Å²) in [5, 5.41) is 9.39. The Morgan fingerprint density at radius 1 is 1.00 bits per heavy atom. The molecular weight excluding hydrogens is 234 g/mol. The van der Waals surface area contributed by atoms with Gasteiger partial charge in [-0.25, -0.2) is 0 Å². The Labute approximate surface area is 117 Å². The average molecular weight is 259 g/mol. The average Bonchev–Trinajstić information content (AvgIpc) is 2.37. The lowest BCUT2D eigenvalue weighted by Crippen LogP contribution is -2.31. The fraction of sp³-hybridized carbons (Fsp3) is 0.562. The van der Waals surface area contributed by atoms with Gasteiger partial charge in [0.05, 0.1) is 6.07 Å². The summed E-state index contributed by atoms with van der Waals surface area (Å²) in [6.07, 6.45) is 0. The van der Waals surface area contributed by atoms with E-state index in [1.54, 1.807) is 0 Å². The number of nitrogens with zero attached hydrogens (tertiary/aromatic N) is 3. The number of hydrogen-bond donors (Lipinski definition) is 0. The zero-order valence-electron chi connectivity index (χ0n) is 12.7. The summed E-state index contributed by atoms with van der Waals surface area (Å²) in [7, 11) is 6.10. The van der Waals surface area contributed by atoms with E-state index in [-0.39, 0.29) is 6.04 Å². The van der Waals surface area contributed by atoms with Gasteiger partial charge in [0.2, 0.25) is 0 Å². The van der Waals surface area contributed by atoms with E-state index in [0.717, 1.165) is 18.7 Å². The Balaban J connectivity index is 2.77. The molecule has 0 aliphatic carbocycles. The van der Waals surface area contributed by atoms with Gasteiger partial charge in [-0.2, -0.15) is 5.26 Å². The Hall–Kier alpha value is -1.37. The second-order valence-electron chi connectivity index (χ2n) is 5.64. The molecule has 0 radical (unpaired) electrons. The van der Waals surface area contributed by atoms with Crippen molar-refractivity contribution >= 4 is 0 Å². The van der Waals surface area contributed by atoms with Gasteiger partial charge in [-0.05, 0) is 38.2 Å². The van der Waals surface area contributed by atoms with Crippen molar-refractivity contribution in [2.24, 2.45) is 0 Å². The van der Waals surface area contributed by atoms with Crippen molar-refractivity contribution in [2.45, 2.75) is 25.8 Å². The number of likely N-dealkylation sites (N-methyl/N-ethyl adjacent to an activating group) is 2. The summed E-state index contributed by atoms with van der Waals surface area (Å²) in [6, 6.07) is 10.6. The molecule has 0 aliphatic heterocycles. The molecule has 1 aromatic rings. The van der Waals surface area contributed by atoms with E-state index >= 15 is 0 Å². The molecule has 1 rings (SSSR count). The van der Waals surface area contributed by atoms with Gasteiger partial charge in [0, 0.05) is 13.1 Å². The van der Waals surface area contributed by atoms with Gasteiger partial charge in [-0.3, -0.25) is 4.90 Å². The number of nitriles is 1. The fourth-order valence-corrected chi connectivity index (χ4v) is 1.98. The normalized spacial score (nSPS) is 13.0. The minimum atomic E-state index is -0.166. The smallest absolute Gasteiger partial charge is 0.123 e. The molecule has 1 atom stereocenters. The maximum Gasteiger partial charge on any atom is 0.123 e. The van der Waals surface area contributed by atoms with Crippen LogP contribution in [-0.2, 0) is 0 Å². The summed E-state index contributed by atoms with van der Waals surface area (Å²) < 4.78 is 0. The molecule has 0 spiro atoms. The maximum atomic E-state index is 9.39. The van der Waals surface area contributed by atoms with E-state index in [1.807, 2.05) is 21.1 Å². The second kappa shape index (κ2) is 7.28. The lowest BCUT2D eigenvalue weighted by molar-refractivity contribution is 0.253. The molecule has 0 saturated heterocycles. The zero-order chi connectivity index (χ0) is 14.4. The molecule has 1 aromatic carbocycles. The largest absolute Gasteiger partial charge is 0.308 e. The van der Waals surface area contributed by atoms with Crippen LogP contribution in [0.15, 0.2) is 24.3 Å². The van der Waals surface area contributed by atoms with E-state index in [4.69, 9.17) is 0 Å². The van der Waals surface area contributed by atoms with Crippen LogP contribution in [0.25, 0.3) is 0 Å². The highest BCUT2D eigenvalue weighted by atomic mass is 15.2. The van der Waals surface area contributed by atoms with E-state index in [1.165, 1.54) is 5.56 Å². The van der Waals surface area contributed by atoms with Gasteiger partial charge in [0.1, 0.15) is 6.04 Å². The fourth-order valence-electron chi connectivity index (χ4n) is 1.98. The van der Waals surface area contributed by atoms with Crippen LogP contribution >= 0.6 is 0 Å². The highest BCUT2D eigenvalue weighted by Gasteiger charge is 2.16. The summed E-state index contributed by atoms with van der Waals surface area (Å²) in [6.45, 7) is 6.20. The topological polar surface area (TPSA) is 30.3 Å². The first-order valence-corrected chi connectivity index (χ1v) is 6.80. The molecule has 0 aromatic heterocycles. The van der Waals surface area contributed by atoms with Crippen molar-refractivity contribution in [3.05, 3.63) is 35.4 Å². The van der Waals surface area contributed by atoms with Gasteiger partial charge >= 0.3 is 0 Å². The molecular formula is C16H25N3. The van der Waals surface area contributed by atoms with Crippen LogP contribution in [-0.4, -0.2) is 44.0 Å². The van der Waals surface area contributed by atoms with E-state index in [9.17, 15) is 5.26 Å². The summed E-state index contributed by atoms with van der Waals surface area (Å²) in [5.41, 5.74) is 2.39. The van der Waals surface area contributed by atoms with Crippen molar-refractivity contribution in [1.82, 2.24) is 9.80 Å². The van der Waals surface area contributed by atoms with Crippen LogP contribution in [0.5, 0.6) is 0 Å². The minimum absolute atomic E-state index is 0.166. The van der Waals surface area contributed by atoms with E-state index < -0.39 is 0 Å². The van der Waals surface area contributed by atoms with Crippen LogP contribution < -0.4 is 0 Å². The quantitative estimate of drug-likeness (QED) is 0.787. The maximum absolute atomic E-state index is 9.39. The molecule has 0 aliphatic rings. The number of hydrogen-bond acceptors (Lipinski definition) is 3. The van der Waals surface area contributed by atoms with Crippen LogP contribution in [0.1, 0.15) is 36.9 Å². The number of benzene rings is 1. The van der Waals surface area contributed by atoms with Crippen molar-refractivity contribution in [2.75, 3.05) is 34.2 Å². The van der Waals surface area contributed by atoms with Gasteiger partial charge < -0.3 is 4.90 Å².